The van der Waals surface area contributed by atoms with Gasteiger partial charge in [0.15, 0.2) is 0 Å². The van der Waals surface area contributed by atoms with Crippen LogP contribution in [0.2, 0.25) is 0 Å². The lowest BCUT2D eigenvalue weighted by molar-refractivity contribution is 0.314. The molecule has 0 spiro atoms. The highest BCUT2D eigenvalue weighted by Gasteiger charge is 2.17. The molecule has 0 unspecified atom stereocenters. The molecule has 1 aliphatic carbocycles. The van der Waals surface area contributed by atoms with Gasteiger partial charge in [-0.1, -0.05) is 71.6 Å². The molecule has 2 aromatic rings. The molecule has 0 heterocycles. The SMILES string of the molecule is Brc1ccc(-c2cccc(CC3CCC3)c2)cc1. The predicted octanol–water partition coefficient (Wildman–Crippen LogP) is 5.46. The van der Waals surface area contributed by atoms with Gasteiger partial charge in [0.2, 0.25) is 0 Å². The predicted molar refractivity (Wildman–Crippen MR) is 80.6 cm³/mol. The summed E-state index contributed by atoms with van der Waals surface area (Å²) in [6.07, 6.45) is 5.52. The summed E-state index contributed by atoms with van der Waals surface area (Å²) >= 11 is 3.48. The fourth-order valence-corrected chi connectivity index (χ4v) is 2.81. The first-order valence-corrected chi connectivity index (χ1v) is 7.45. The van der Waals surface area contributed by atoms with Gasteiger partial charge in [-0.3, -0.25) is 0 Å². The van der Waals surface area contributed by atoms with E-state index in [1.165, 1.54) is 42.4 Å². The largest absolute Gasteiger partial charge is 0.0614 e. The van der Waals surface area contributed by atoms with E-state index in [9.17, 15) is 0 Å². The van der Waals surface area contributed by atoms with E-state index in [1.807, 2.05) is 0 Å². The highest BCUT2D eigenvalue weighted by atomic mass is 79.9. The second-order valence-corrected chi connectivity index (χ2v) is 6.12. The van der Waals surface area contributed by atoms with Crippen LogP contribution < -0.4 is 0 Å². The topological polar surface area (TPSA) is 0 Å². The van der Waals surface area contributed by atoms with Crippen molar-refractivity contribution in [2.24, 2.45) is 5.92 Å². The Kier molecular flexibility index (Phi) is 3.51. The lowest BCUT2D eigenvalue weighted by Gasteiger charge is -2.25. The monoisotopic (exact) mass is 300 g/mol. The van der Waals surface area contributed by atoms with E-state index in [0.717, 1.165) is 10.4 Å². The summed E-state index contributed by atoms with van der Waals surface area (Å²) < 4.78 is 1.14. The fourth-order valence-electron chi connectivity index (χ4n) is 2.55. The fraction of sp³-hybridized carbons (Fsp3) is 0.294. The van der Waals surface area contributed by atoms with Crippen molar-refractivity contribution in [1.29, 1.82) is 0 Å². The van der Waals surface area contributed by atoms with Crippen LogP contribution in [0.1, 0.15) is 24.8 Å². The summed E-state index contributed by atoms with van der Waals surface area (Å²) in [5, 5.41) is 0. The third-order valence-corrected chi connectivity index (χ3v) is 4.38. The van der Waals surface area contributed by atoms with E-state index >= 15 is 0 Å². The Morgan fingerprint density at radius 2 is 1.72 bits per heavy atom. The molecule has 1 aliphatic rings. The molecule has 0 N–H and O–H groups in total. The minimum Gasteiger partial charge on any atom is -0.0614 e. The number of hydrogen-bond acceptors (Lipinski definition) is 0. The van der Waals surface area contributed by atoms with Crippen molar-refractivity contribution in [3.05, 3.63) is 58.6 Å². The third kappa shape index (κ3) is 2.67. The van der Waals surface area contributed by atoms with E-state index in [4.69, 9.17) is 0 Å². The minimum absolute atomic E-state index is 0.935. The van der Waals surface area contributed by atoms with E-state index in [0.29, 0.717) is 0 Å². The molecule has 0 aliphatic heterocycles. The van der Waals surface area contributed by atoms with Crippen LogP contribution in [0.3, 0.4) is 0 Å². The second kappa shape index (κ2) is 5.27. The molecule has 92 valence electrons. The van der Waals surface area contributed by atoms with Crippen molar-refractivity contribution in [3.8, 4) is 11.1 Å². The molecule has 1 heteroatoms. The quantitative estimate of drug-likeness (QED) is 0.706. The Bertz CT molecular complexity index is 524. The zero-order valence-electron chi connectivity index (χ0n) is 10.4. The average Bonchev–Trinajstić information content (AvgIpc) is 2.35. The second-order valence-electron chi connectivity index (χ2n) is 5.21. The van der Waals surface area contributed by atoms with Crippen molar-refractivity contribution < 1.29 is 0 Å². The summed E-state index contributed by atoms with van der Waals surface area (Å²) in [7, 11) is 0. The van der Waals surface area contributed by atoms with Crippen LogP contribution in [0.4, 0.5) is 0 Å². The summed E-state index contributed by atoms with van der Waals surface area (Å²) in [4.78, 5) is 0. The molecule has 0 bridgehead atoms. The van der Waals surface area contributed by atoms with Gasteiger partial charge >= 0.3 is 0 Å². The zero-order chi connectivity index (χ0) is 12.4. The third-order valence-electron chi connectivity index (χ3n) is 3.85. The van der Waals surface area contributed by atoms with Crippen molar-refractivity contribution >= 4 is 15.9 Å². The molecule has 0 aromatic heterocycles. The normalized spacial score (nSPS) is 15.4. The van der Waals surface area contributed by atoms with Crippen LogP contribution in [0.15, 0.2) is 53.0 Å². The molecule has 1 fully saturated rings. The molecule has 0 nitrogen and oxygen atoms in total. The van der Waals surface area contributed by atoms with Crippen molar-refractivity contribution in [3.63, 3.8) is 0 Å². The lowest BCUT2D eigenvalue weighted by atomic mass is 9.80. The van der Waals surface area contributed by atoms with E-state index < -0.39 is 0 Å². The summed E-state index contributed by atoms with van der Waals surface area (Å²) in [5.74, 6) is 0.935. The van der Waals surface area contributed by atoms with Crippen molar-refractivity contribution in [1.82, 2.24) is 0 Å². The molecule has 3 rings (SSSR count). The molecule has 0 amide bonds. The van der Waals surface area contributed by atoms with Gasteiger partial charge < -0.3 is 0 Å². The first-order valence-electron chi connectivity index (χ1n) is 6.66. The minimum atomic E-state index is 0.935. The van der Waals surface area contributed by atoms with Crippen LogP contribution >= 0.6 is 15.9 Å². The number of rotatable bonds is 3. The van der Waals surface area contributed by atoms with Gasteiger partial charge in [-0.15, -0.1) is 0 Å². The average molecular weight is 301 g/mol. The Hall–Kier alpha value is -1.08. The van der Waals surface area contributed by atoms with Gasteiger partial charge in [0.25, 0.3) is 0 Å². The Morgan fingerprint density at radius 1 is 0.944 bits per heavy atom. The van der Waals surface area contributed by atoms with Gasteiger partial charge in [-0.05, 0) is 41.2 Å². The van der Waals surface area contributed by atoms with Crippen molar-refractivity contribution in [2.45, 2.75) is 25.7 Å². The molecule has 2 aromatic carbocycles. The maximum Gasteiger partial charge on any atom is 0.0175 e. The van der Waals surface area contributed by atoms with Crippen LogP contribution in [0.5, 0.6) is 0 Å². The highest BCUT2D eigenvalue weighted by Crippen LogP contribution is 2.31. The molecular weight excluding hydrogens is 284 g/mol. The number of benzene rings is 2. The van der Waals surface area contributed by atoms with Gasteiger partial charge in [0.1, 0.15) is 0 Å². The van der Waals surface area contributed by atoms with Crippen molar-refractivity contribution in [2.75, 3.05) is 0 Å². The van der Waals surface area contributed by atoms with Crippen LogP contribution in [0, 0.1) is 5.92 Å². The summed E-state index contributed by atoms with van der Waals surface area (Å²) in [6, 6.07) is 17.6. The molecule has 1 saturated carbocycles. The van der Waals surface area contributed by atoms with Gasteiger partial charge in [0, 0.05) is 4.47 Å². The van der Waals surface area contributed by atoms with E-state index in [-0.39, 0.29) is 0 Å². The summed E-state index contributed by atoms with van der Waals surface area (Å²) in [5.41, 5.74) is 4.12. The summed E-state index contributed by atoms with van der Waals surface area (Å²) in [6.45, 7) is 0. The molecule has 0 radical (unpaired) electrons. The molecule has 0 saturated heterocycles. The van der Waals surface area contributed by atoms with E-state index in [2.05, 4.69) is 64.5 Å². The van der Waals surface area contributed by atoms with Crippen LogP contribution in [0.25, 0.3) is 11.1 Å². The molecule has 18 heavy (non-hydrogen) atoms. The number of hydrogen-bond donors (Lipinski definition) is 0. The first-order chi connectivity index (χ1) is 8.81. The Balaban J connectivity index is 1.83. The van der Waals surface area contributed by atoms with Gasteiger partial charge in [-0.25, -0.2) is 0 Å². The smallest absolute Gasteiger partial charge is 0.0175 e. The van der Waals surface area contributed by atoms with Gasteiger partial charge in [-0.2, -0.15) is 0 Å². The molecular formula is C17H17Br. The first kappa shape index (κ1) is 12.0. The van der Waals surface area contributed by atoms with Crippen LogP contribution in [-0.4, -0.2) is 0 Å². The number of halogens is 1. The Morgan fingerprint density at radius 3 is 2.39 bits per heavy atom. The van der Waals surface area contributed by atoms with Gasteiger partial charge in [0.05, 0.1) is 0 Å². The maximum atomic E-state index is 3.48. The lowest BCUT2D eigenvalue weighted by Crippen LogP contribution is -2.13. The Labute approximate surface area is 117 Å². The standard InChI is InChI=1S/C17H17Br/c18-17-9-7-15(8-10-17)16-6-2-5-14(12-16)11-13-3-1-4-13/h2,5-10,12-13H,1,3-4,11H2. The van der Waals surface area contributed by atoms with Crippen LogP contribution in [-0.2, 0) is 6.42 Å². The maximum absolute atomic E-state index is 3.48. The zero-order valence-corrected chi connectivity index (χ0v) is 12.0. The molecule has 0 atom stereocenters. The highest BCUT2D eigenvalue weighted by molar-refractivity contribution is 9.10. The van der Waals surface area contributed by atoms with E-state index in [1.54, 1.807) is 0 Å².